The molecule has 0 radical (unpaired) electrons. The smallest absolute Gasteiger partial charge is 0.138 e. The first-order valence-electron chi connectivity index (χ1n) is 2.93. The number of halogens is 2. The zero-order valence-electron chi connectivity index (χ0n) is 5.51. The number of hydrogen-bond acceptors (Lipinski definition) is 2. The Bertz CT molecular complexity index is 275. The van der Waals surface area contributed by atoms with Crippen molar-refractivity contribution in [3.05, 3.63) is 27.7 Å². The highest BCUT2D eigenvalue weighted by Crippen LogP contribution is 2.31. The molecule has 11 heavy (non-hydrogen) atoms. The number of thiol groups is 1. The first-order valence-corrected chi connectivity index (χ1v) is 4.31. The highest BCUT2D eigenvalue weighted by atomic mass is 35.5. The molecule has 0 amide bonds. The third-order valence-electron chi connectivity index (χ3n) is 1.28. The number of hydrogen-bond donors (Lipinski definition) is 2. The van der Waals surface area contributed by atoms with Gasteiger partial charge in [0.25, 0.3) is 0 Å². The third-order valence-corrected chi connectivity index (χ3v) is 2.12. The standard InChI is InChI=1S/C7H6Cl2OS/c8-5-1-4(3-11)7(10)6(9)2-5/h1-2,10-11H,3H2. The van der Waals surface area contributed by atoms with Gasteiger partial charge in [-0.25, -0.2) is 0 Å². The van der Waals surface area contributed by atoms with Gasteiger partial charge in [0.15, 0.2) is 0 Å². The van der Waals surface area contributed by atoms with E-state index in [-0.39, 0.29) is 10.8 Å². The molecule has 1 aromatic rings. The molecule has 1 nitrogen and oxygen atoms in total. The van der Waals surface area contributed by atoms with E-state index in [4.69, 9.17) is 23.2 Å². The molecule has 0 fully saturated rings. The van der Waals surface area contributed by atoms with Crippen LogP contribution in [0.15, 0.2) is 12.1 Å². The van der Waals surface area contributed by atoms with Gasteiger partial charge in [0.2, 0.25) is 0 Å². The summed E-state index contributed by atoms with van der Waals surface area (Å²) in [7, 11) is 0. The molecule has 4 heteroatoms. The van der Waals surface area contributed by atoms with Crippen LogP contribution in [0.4, 0.5) is 0 Å². The highest BCUT2D eigenvalue weighted by molar-refractivity contribution is 7.79. The molecule has 0 saturated carbocycles. The molecule has 1 aromatic carbocycles. The second kappa shape index (κ2) is 3.57. The van der Waals surface area contributed by atoms with Gasteiger partial charge in [-0.05, 0) is 12.1 Å². The summed E-state index contributed by atoms with van der Waals surface area (Å²) in [5.74, 6) is 0.484. The van der Waals surface area contributed by atoms with Gasteiger partial charge in [-0.1, -0.05) is 23.2 Å². The van der Waals surface area contributed by atoms with Crippen molar-refractivity contribution < 1.29 is 5.11 Å². The van der Waals surface area contributed by atoms with Crippen molar-refractivity contribution in [1.29, 1.82) is 0 Å². The summed E-state index contributed by atoms with van der Waals surface area (Å²) in [6.07, 6.45) is 0. The van der Waals surface area contributed by atoms with Gasteiger partial charge in [0, 0.05) is 16.3 Å². The Hall–Kier alpha value is -0.0500. The van der Waals surface area contributed by atoms with Crippen molar-refractivity contribution in [3.63, 3.8) is 0 Å². The first-order chi connectivity index (χ1) is 5.15. The van der Waals surface area contributed by atoms with Crippen molar-refractivity contribution in [3.8, 4) is 5.75 Å². The summed E-state index contributed by atoms with van der Waals surface area (Å²) < 4.78 is 0. The highest BCUT2D eigenvalue weighted by Gasteiger charge is 2.05. The van der Waals surface area contributed by atoms with Crippen LogP contribution in [0, 0.1) is 0 Å². The Labute approximate surface area is 80.4 Å². The number of phenols is 1. The SMILES string of the molecule is Oc1c(Cl)cc(Cl)cc1CS. The summed E-state index contributed by atoms with van der Waals surface area (Å²) >= 11 is 15.3. The molecule has 60 valence electrons. The quantitative estimate of drug-likeness (QED) is 0.681. The number of benzene rings is 1. The average molecular weight is 209 g/mol. The molecule has 0 aliphatic rings. The van der Waals surface area contributed by atoms with Crippen LogP contribution >= 0.6 is 35.8 Å². The first kappa shape index (κ1) is 9.04. The largest absolute Gasteiger partial charge is 0.506 e. The fourth-order valence-electron chi connectivity index (χ4n) is 0.740. The van der Waals surface area contributed by atoms with Crippen molar-refractivity contribution in [2.75, 3.05) is 0 Å². The Kier molecular flexibility index (Phi) is 2.93. The summed E-state index contributed by atoms with van der Waals surface area (Å²) in [5, 5.41) is 10.1. The van der Waals surface area contributed by atoms with Gasteiger partial charge in [-0.3, -0.25) is 0 Å². The number of aromatic hydroxyl groups is 1. The van der Waals surface area contributed by atoms with Crippen LogP contribution in [-0.4, -0.2) is 5.11 Å². The maximum Gasteiger partial charge on any atom is 0.138 e. The average Bonchev–Trinajstić information content (AvgIpc) is 1.96. The van der Waals surface area contributed by atoms with Gasteiger partial charge >= 0.3 is 0 Å². The van der Waals surface area contributed by atoms with Crippen LogP contribution in [0.1, 0.15) is 5.56 Å². The zero-order chi connectivity index (χ0) is 8.43. The molecule has 0 aliphatic carbocycles. The van der Waals surface area contributed by atoms with Gasteiger partial charge in [-0.15, -0.1) is 0 Å². The van der Waals surface area contributed by atoms with Crippen LogP contribution in [0.2, 0.25) is 10.0 Å². The Morgan fingerprint density at radius 2 is 2.00 bits per heavy atom. The fourth-order valence-corrected chi connectivity index (χ4v) is 1.52. The molecule has 0 atom stereocenters. The van der Waals surface area contributed by atoms with Crippen LogP contribution in [0.3, 0.4) is 0 Å². The Morgan fingerprint density at radius 1 is 1.36 bits per heavy atom. The predicted molar refractivity (Wildman–Crippen MR) is 50.8 cm³/mol. The molecule has 0 heterocycles. The van der Waals surface area contributed by atoms with Crippen molar-refractivity contribution >= 4 is 35.8 Å². The lowest BCUT2D eigenvalue weighted by atomic mass is 10.2. The van der Waals surface area contributed by atoms with Crippen LogP contribution in [-0.2, 0) is 5.75 Å². The molecule has 0 saturated heterocycles. The predicted octanol–water partition coefficient (Wildman–Crippen LogP) is 3.13. The lowest BCUT2D eigenvalue weighted by molar-refractivity contribution is 0.471. The van der Waals surface area contributed by atoms with E-state index in [1.54, 1.807) is 6.07 Å². The molecule has 0 aromatic heterocycles. The van der Waals surface area contributed by atoms with E-state index in [0.717, 1.165) is 0 Å². The van der Waals surface area contributed by atoms with Crippen molar-refractivity contribution in [2.24, 2.45) is 0 Å². The topological polar surface area (TPSA) is 20.2 Å². The molecule has 0 unspecified atom stereocenters. The lowest BCUT2D eigenvalue weighted by Gasteiger charge is -2.02. The van der Waals surface area contributed by atoms with Crippen LogP contribution in [0.5, 0.6) is 5.75 Å². The van der Waals surface area contributed by atoms with Gasteiger partial charge < -0.3 is 5.11 Å². The van der Waals surface area contributed by atoms with E-state index >= 15 is 0 Å². The summed E-state index contributed by atoms with van der Waals surface area (Å²) in [6.45, 7) is 0. The molecule has 0 aliphatic heterocycles. The molecule has 1 N–H and O–H groups in total. The lowest BCUT2D eigenvalue weighted by Crippen LogP contribution is -1.80. The minimum atomic E-state index is 0.0612. The molecule has 1 rings (SSSR count). The van der Waals surface area contributed by atoms with E-state index in [1.165, 1.54) is 6.07 Å². The molecule has 0 spiro atoms. The number of rotatable bonds is 1. The zero-order valence-corrected chi connectivity index (χ0v) is 7.92. The number of phenolic OH excluding ortho intramolecular Hbond substituents is 1. The maximum absolute atomic E-state index is 9.28. The van der Waals surface area contributed by atoms with Crippen LogP contribution in [0.25, 0.3) is 0 Å². The monoisotopic (exact) mass is 208 g/mol. The third kappa shape index (κ3) is 1.95. The van der Waals surface area contributed by atoms with Crippen molar-refractivity contribution in [1.82, 2.24) is 0 Å². The second-order valence-corrected chi connectivity index (χ2v) is 3.21. The van der Waals surface area contributed by atoms with Crippen LogP contribution < -0.4 is 0 Å². The van der Waals surface area contributed by atoms with Gasteiger partial charge in [-0.2, -0.15) is 12.6 Å². The summed E-state index contributed by atoms with van der Waals surface area (Å²) in [5.41, 5.74) is 0.644. The van der Waals surface area contributed by atoms with E-state index < -0.39 is 0 Å². The van der Waals surface area contributed by atoms with E-state index in [9.17, 15) is 5.11 Å². The minimum absolute atomic E-state index is 0.0612. The maximum atomic E-state index is 9.28. The van der Waals surface area contributed by atoms with E-state index in [1.807, 2.05) is 0 Å². The summed E-state index contributed by atoms with van der Waals surface area (Å²) in [6, 6.07) is 3.13. The second-order valence-electron chi connectivity index (χ2n) is 2.05. The fraction of sp³-hybridized carbons (Fsp3) is 0.143. The van der Waals surface area contributed by atoms with E-state index in [2.05, 4.69) is 12.6 Å². The molecular formula is C7H6Cl2OS. The Morgan fingerprint density at radius 3 is 2.55 bits per heavy atom. The van der Waals surface area contributed by atoms with Gasteiger partial charge in [0.05, 0.1) is 5.02 Å². The minimum Gasteiger partial charge on any atom is -0.506 e. The normalized spacial score (nSPS) is 10.1. The van der Waals surface area contributed by atoms with Gasteiger partial charge in [0.1, 0.15) is 5.75 Å². The summed E-state index contributed by atoms with van der Waals surface area (Å²) in [4.78, 5) is 0. The molecule has 0 bridgehead atoms. The van der Waals surface area contributed by atoms with Crippen molar-refractivity contribution in [2.45, 2.75) is 5.75 Å². The Balaban J connectivity index is 3.24. The van der Waals surface area contributed by atoms with E-state index in [0.29, 0.717) is 16.3 Å². The molecular weight excluding hydrogens is 203 g/mol.